The number of amides is 1. The van der Waals surface area contributed by atoms with Crippen molar-refractivity contribution in [2.75, 3.05) is 38.2 Å². The normalized spacial score (nSPS) is 17.5. The number of piperazine rings is 1. The van der Waals surface area contributed by atoms with Gasteiger partial charge in [0.05, 0.1) is 0 Å². The number of carbonyl (C=O) groups is 1. The summed E-state index contributed by atoms with van der Waals surface area (Å²) in [4.78, 5) is 16.2. The zero-order chi connectivity index (χ0) is 15.9. The van der Waals surface area contributed by atoms with Crippen LogP contribution in [0.25, 0.3) is 0 Å². The molecule has 1 N–H and O–H groups in total. The fourth-order valence-electron chi connectivity index (χ4n) is 2.58. The number of nitrogens with zero attached hydrogens (tertiary/aromatic N) is 2. The third-order valence-corrected chi connectivity index (χ3v) is 4.74. The highest BCUT2D eigenvalue weighted by Gasteiger charge is 2.25. The molecule has 1 heterocycles. The van der Waals surface area contributed by atoms with Gasteiger partial charge in [0.2, 0.25) is 0 Å². The van der Waals surface area contributed by atoms with E-state index in [1.165, 1.54) is 5.56 Å². The van der Waals surface area contributed by atoms with Gasteiger partial charge in [0.25, 0.3) is 5.91 Å². The zero-order valence-corrected chi connectivity index (χ0v) is 14.4. The third kappa shape index (κ3) is 5.16. The molecule has 1 aliphatic heterocycles. The van der Waals surface area contributed by atoms with Crippen LogP contribution >= 0.6 is 23.4 Å². The van der Waals surface area contributed by atoms with Gasteiger partial charge in [0.15, 0.2) is 0 Å². The Morgan fingerprint density at radius 2 is 2.09 bits per heavy atom. The molecule has 1 aliphatic rings. The first kappa shape index (κ1) is 17.6. The molecule has 0 aromatic heterocycles. The lowest BCUT2D eigenvalue weighted by Gasteiger charge is -2.35. The molecule has 0 bridgehead atoms. The number of thioether (sulfide) groups is 1. The summed E-state index contributed by atoms with van der Waals surface area (Å²) >= 11 is 7.65. The molecule has 1 amide bonds. The van der Waals surface area contributed by atoms with E-state index in [9.17, 15) is 9.90 Å². The number of halogens is 1. The molecule has 0 aliphatic carbocycles. The minimum atomic E-state index is -0.855. The first-order valence-electron chi connectivity index (χ1n) is 7.52. The maximum atomic E-state index is 12.1. The van der Waals surface area contributed by atoms with Crippen LogP contribution in [0.1, 0.15) is 12.0 Å². The van der Waals surface area contributed by atoms with E-state index in [1.807, 2.05) is 24.5 Å². The fraction of sp³-hybridized carbons (Fsp3) is 0.562. The second kappa shape index (κ2) is 8.77. The quantitative estimate of drug-likeness (QED) is 0.859. The van der Waals surface area contributed by atoms with Crippen LogP contribution in [0.2, 0.25) is 5.02 Å². The minimum Gasteiger partial charge on any atom is -0.383 e. The molecule has 122 valence electrons. The van der Waals surface area contributed by atoms with Crippen molar-refractivity contribution in [2.45, 2.75) is 19.1 Å². The molecule has 1 fully saturated rings. The molecule has 1 atom stereocenters. The maximum absolute atomic E-state index is 12.1. The van der Waals surface area contributed by atoms with Gasteiger partial charge in [0.1, 0.15) is 6.10 Å². The largest absolute Gasteiger partial charge is 0.383 e. The molecule has 4 nitrogen and oxygen atoms in total. The Kier molecular flexibility index (Phi) is 7.02. The van der Waals surface area contributed by atoms with E-state index in [1.54, 1.807) is 16.7 Å². The van der Waals surface area contributed by atoms with Crippen molar-refractivity contribution in [1.29, 1.82) is 0 Å². The van der Waals surface area contributed by atoms with Gasteiger partial charge in [0, 0.05) is 37.7 Å². The SMILES string of the molecule is CSCC[C@@H](O)C(=O)N1CCN(Cc2cccc(Cl)c2)CC1. The van der Waals surface area contributed by atoms with Crippen LogP contribution in [-0.4, -0.2) is 65.1 Å². The lowest BCUT2D eigenvalue weighted by molar-refractivity contribution is -0.142. The predicted octanol–water partition coefficient (Wildman–Crippen LogP) is 2.10. The van der Waals surface area contributed by atoms with Gasteiger partial charge in [-0.05, 0) is 36.1 Å². The van der Waals surface area contributed by atoms with E-state index in [0.29, 0.717) is 19.5 Å². The first-order chi connectivity index (χ1) is 10.6. The van der Waals surface area contributed by atoms with E-state index >= 15 is 0 Å². The lowest BCUT2D eigenvalue weighted by Crippen LogP contribution is -2.51. The highest BCUT2D eigenvalue weighted by Crippen LogP contribution is 2.14. The van der Waals surface area contributed by atoms with E-state index in [2.05, 4.69) is 11.0 Å². The van der Waals surface area contributed by atoms with Crippen LogP contribution in [0.4, 0.5) is 0 Å². The van der Waals surface area contributed by atoms with Gasteiger partial charge >= 0.3 is 0 Å². The van der Waals surface area contributed by atoms with Crippen molar-refractivity contribution < 1.29 is 9.90 Å². The molecule has 22 heavy (non-hydrogen) atoms. The average molecular weight is 343 g/mol. The average Bonchev–Trinajstić information content (AvgIpc) is 2.52. The second-order valence-corrected chi connectivity index (χ2v) is 6.95. The number of aliphatic hydroxyl groups excluding tert-OH is 1. The summed E-state index contributed by atoms with van der Waals surface area (Å²) in [5, 5.41) is 10.7. The smallest absolute Gasteiger partial charge is 0.251 e. The van der Waals surface area contributed by atoms with Crippen LogP contribution in [-0.2, 0) is 11.3 Å². The van der Waals surface area contributed by atoms with Crippen molar-refractivity contribution in [3.05, 3.63) is 34.9 Å². The summed E-state index contributed by atoms with van der Waals surface area (Å²) in [7, 11) is 0. The van der Waals surface area contributed by atoms with Crippen molar-refractivity contribution in [2.24, 2.45) is 0 Å². The molecule has 0 spiro atoms. The Balaban J connectivity index is 1.79. The third-order valence-electron chi connectivity index (χ3n) is 3.86. The Hall–Kier alpha value is -0.750. The monoisotopic (exact) mass is 342 g/mol. The number of hydrogen-bond acceptors (Lipinski definition) is 4. The van der Waals surface area contributed by atoms with E-state index < -0.39 is 6.10 Å². The Bertz CT molecular complexity index is 493. The molecule has 0 unspecified atom stereocenters. The first-order valence-corrected chi connectivity index (χ1v) is 9.30. The highest BCUT2D eigenvalue weighted by atomic mass is 35.5. The van der Waals surface area contributed by atoms with Crippen molar-refractivity contribution in [3.63, 3.8) is 0 Å². The standard InChI is InChI=1S/C16H23ClN2O2S/c1-22-10-5-15(20)16(21)19-8-6-18(7-9-19)12-13-3-2-4-14(17)11-13/h2-4,11,15,20H,5-10,12H2,1H3/t15-/m1/s1. The van der Waals surface area contributed by atoms with Crippen LogP contribution in [0.15, 0.2) is 24.3 Å². The van der Waals surface area contributed by atoms with Crippen molar-refractivity contribution in [3.8, 4) is 0 Å². The molecule has 1 aromatic carbocycles. The van der Waals surface area contributed by atoms with E-state index in [0.717, 1.165) is 30.4 Å². The van der Waals surface area contributed by atoms with E-state index in [4.69, 9.17) is 11.6 Å². The topological polar surface area (TPSA) is 43.8 Å². The molecule has 0 saturated carbocycles. The van der Waals surface area contributed by atoms with Crippen molar-refractivity contribution >= 4 is 29.3 Å². The Labute approximate surface area is 141 Å². The number of hydrogen-bond donors (Lipinski definition) is 1. The van der Waals surface area contributed by atoms with Crippen LogP contribution in [0, 0.1) is 0 Å². The fourth-order valence-corrected chi connectivity index (χ4v) is 3.26. The summed E-state index contributed by atoms with van der Waals surface area (Å²) in [5.41, 5.74) is 1.19. The zero-order valence-electron chi connectivity index (χ0n) is 12.9. The van der Waals surface area contributed by atoms with Gasteiger partial charge in [-0.15, -0.1) is 0 Å². The molecule has 6 heteroatoms. The molecule has 1 saturated heterocycles. The van der Waals surface area contributed by atoms with Crippen LogP contribution < -0.4 is 0 Å². The van der Waals surface area contributed by atoms with Gasteiger partial charge in [-0.2, -0.15) is 11.8 Å². The molecular weight excluding hydrogens is 320 g/mol. The highest BCUT2D eigenvalue weighted by molar-refractivity contribution is 7.98. The summed E-state index contributed by atoms with van der Waals surface area (Å²) in [6.07, 6.45) is 1.65. The van der Waals surface area contributed by atoms with Gasteiger partial charge in [-0.25, -0.2) is 0 Å². The predicted molar refractivity (Wildman–Crippen MR) is 92.3 cm³/mol. The van der Waals surface area contributed by atoms with Gasteiger partial charge in [-0.3, -0.25) is 9.69 Å². The Morgan fingerprint density at radius 3 is 2.73 bits per heavy atom. The summed E-state index contributed by atoms with van der Waals surface area (Å²) < 4.78 is 0. The Morgan fingerprint density at radius 1 is 1.36 bits per heavy atom. The maximum Gasteiger partial charge on any atom is 0.251 e. The van der Waals surface area contributed by atoms with Crippen molar-refractivity contribution in [1.82, 2.24) is 9.80 Å². The summed E-state index contributed by atoms with van der Waals surface area (Å²) in [6.45, 7) is 3.85. The summed E-state index contributed by atoms with van der Waals surface area (Å²) in [6, 6.07) is 7.87. The lowest BCUT2D eigenvalue weighted by atomic mass is 10.2. The molecular formula is C16H23ClN2O2S. The minimum absolute atomic E-state index is 0.128. The second-order valence-electron chi connectivity index (χ2n) is 5.53. The van der Waals surface area contributed by atoms with Gasteiger partial charge in [-0.1, -0.05) is 23.7 Å². The number of carbonyl (C=O) groups excluding carboxylic acids is 1. The summed E-state index contributed by atoms with van der Waals surface area (Å²) in [5.74, 6) is 0.679. The number of rotatable bonds is 6. The number of aliphatic hydroxyl groups is 1. The van der Waals surface area contributed by atoms with E-state index in [-0.39, 0.29) is 5.91 Å². The molecule has 2 rings (SSSR count). The van der Waals surface area contributed by atoms with Gasteiger partial charge < -0.3 is 10.0 Å². The van der Waals surface area contributed by atoms with Crippen LogP contribution in [0.3, 0.4) is 0 Å². The molecule has 0 radical (unpaired) electrons. The number of benzene rings is 1. The van der Waals surface area contributed by atoms with Crippen LogP contribution in [0.5, 0.6) is 0 Å². The molecule has 1 aromatic rings.